The minimum Gasteiger partial charge on any atom is -0.290 e. The van der Waals surface area contributed by atoms with Gasteiger partial charge in [-0.2, -0.15) is 0 Å². The Balaban J connectivity index is 2.62. The summed E-state index contributed by atoms with van der Waals surface area (Å²) in [5.74, 6) is 0. The van der Waals surface area contributed by atoms with E-state index in [9.17, 15) is 0 Å². The molecular formula is C9H15N. The number of nitrogens with zero attached hydrogens (tertiary/aromatic N) is 1. The molecule has 0 bridgehead atoms. The molecular weight excluding hydrogens is 122 g/mol. The number of rotatable bonds is 1. The predicted octanol–water partition coefficient (Wildman–Crippen LogP) is 2.58. The first kappa shape index (κ1) is 7.52. The molecule has 0 spiro atoms. The first-order valence-electron chi connectivity index (χ1n) is 4.01. The van der Waals surface area contributed by atoms with Gasteiger partial charge in [0.2, 0.25) is 0 Å². The zero-order chi connectivity index (χ0) is 7.40. The highest BCUT2D eigenvalue weighted by Gasteiger charge is 2.04. The zero-order valence-corrected chi connectivity index (χ0v) is 6.85. The lowest BCUT2D eigenvalue weighted by Crippen LogP contribution is -2.06. The number of aliphatic imine (C=N–C) groups is 1. The van der Waals surface area contributed by atoms with Gasteiger partial charge < -0.3 is 0 Å². The van der Waals surface area contributed by atoms with Crippen molar-refractivity contribution in [2.45, 2.75) is 33.1 Å². The molecule has 0 fully saturated rings. The molecule has 10 heavy (non-hydrogen) atoms. The normalized spacial score (nSPS) is 20.6. The van der Waals surface area contributed by atoms with Crippen molar-refractivity contribution < 1.29 is 0 Å². The summed E-state index contributed by atoms with van der Waals surface area (Å²) in [6.07, 6.45) is 5.94. The van der Waals surface area contributed by atoms with Crippen LogP contribution in [0.25, 0.3) is 0 Å². The minimum atomic E-state index is 1.04. The summed E-state index contributed by atoms with van der Waals surface area (Å²) < 4.78 is 0. The second-order valence-electron chi connectivity index (χ2n) is 2.76. The van der Waals surface area contributed by atoms with Gasteiger partial charge in [-0.25, -0.2) is 0 Å². The molecule has 1 heteroatoms. The highest BCUT2D eigenvalue weighted by Crippen LogP contribution is 2.11. The van der Waals surface area contributed by atoms with E-state index in [0.29, 0.717) is 0 Å². The molecule has 0 amide bonds. The maximum absolute atomic E-state index is 4.45. The first-order valence-corrected chi connectivity index (χ1v) is 4.01. The van der Waals surface area contributed by atoms with E-state index in [2.05, 4.69) is 24.9 Å². The Hall–Kier alpha value is -0.590. The van der Waals surface area contributed by atoms with Crippen LogP contribution in [0.2, 0.25) is 0 Å². The highest BCUT2D eigenvalue weighted by molar-refractivity contribution is 5.99. The summed E-state index contributed by atoms with van der Waals surface area (Å²) in [7, 11) is 0. The highest BCUT2D eigenvalue weighted by atomic mass is 14.7. The van der Waals surface area contributed by atoms with E-state index in [-0.39, 0.29) is 0 Å². The average molecular weight is 137 g/mol. The van der Waals surface area contributed by atoms with Crippen molar-refractivity contribution in [2.24, 2.45) is 4.99 Å². The monoisotopic (exact) mass is 137 g/mol. The van der Waals surface area contributed by atoms with Gasteiger partial charge in [0.1, 0.15) is 0 Å². The lowest BCUT2D eigenvalue weighted by atomic mass is 10.0. The molecule has 0 aromatic heterocycles. The SMILES string of the molecule is C/C=C(\C)C1=NCCCC1. The summed E-state index contributed by atoms with van der Waals surface area (Å²) in [5, 5.41) is 0. The van der Waals surface area contributed by atoms with Crippen LogP contribution in [0.15, 0.2) is 16.6 Å². The Morgan fingerprint density at radius 2 is 2.30 bits per heavy atom. The molecule has 0 unspecified atom stereocenters. The fourth-order valence-electron chi connectivity index (χ4n) is 1.19. The van der Waals surface area contributed by atoms with E-state index >= 15 is 0 Å². The van der Waals surface area contributed by atoms with Crippen LogP contribution in [0.4, 0.5) is 0 Å². The quantitative estimate of drug-likeness (QED) is 0.526. The smallest absolute Gasteiger partial charge is 0.0392 e. The Bertz CT molecular complexity index is 166. The molecule has 0 saturated carbocycles. The van der Waals surface area contributed by atoms with Gasteiger partial charge in [0, 0.05) is 12.3 Å². The van der Waals surface area contributed by atoms with E-state index in [1.807, 2.05) is 0 Å². The summed E-state index contributed by atoms with van der Waals surface area (Å²) in [6.45, 7) is 5.26. The molecule has 0 aromatic rings. The molecule has 0 aromatic carbocycles. The summed E-state index contributed by atoms with van der Waals surface area (Å²) >= 11 is 0. The standard InChI is InChI=1S/C9H15N/c1-3-8(2)9-6-4-5-7-10-9/h3H,4-7H2,1-2H3/b8-3+. The van der Waals surface area contributed by atoms with Gasteiger partial charge in [-0.3, -0.25) is 4.99 Å². The molecule has 0 radical (unpaired) electrons. The van der Waals surface area contributed by atoms with Crippen LogP contribution in [0.5, 0.6) is 0 Å². The van der Waals surface area contributed by atoms with Gasteiger partial charge >= 0.3 is 0 Å². The summed E-state index contributed by atoms with van der Waals surface area (Å²) in [4.78, 5) is 4.45. The van der Waals surface area contributed by atoms with E-state index < -0.39 is 0 Å². The third kappa shape index (κ3) is 1.69. The van der Waals surface area contributed by atoms with Crippen molar-refractivity contribution >= 4 is 5.71 Å². The zero-order valence-electron chi connectivity index (χ0n) is 6.85. The number of hydrogen-bond acceptors (Lipinski definition) is 1. The second-order valence-corrected chi connectivity index (χ2v) is 2.76. The van der Waals surface area contributed by atoms with Crippen molar-refractivity contribution in [3.05, 3.63) is 11.6 Å². The molecule has 1 aliphatic rings. The second kappa shape index (κ2) is 3.55. The van der Waals surface area contributed by atoms with Crippen molar-refractivity contribution in [3.8, 4) is 0 Å². The molecule has 0 saturated heterocycles. The van der Waals surface area contributed by atoms with E-state index in [1.165, 1.54) is 30.5 Å². The van der Waals surface area contributed by atoms with Crippen LogP contribution in [0.3, 0.4) is 0 Å². The number of hydrogen-bond donors (Lipinski definition) is 0. The Labute approximate surface area is 62.9 Å². The predicted molar refractivity (Wildman–Crippen MR) is 45.6 cm³/mol. The van der Waals surface area contributed by atoms with Gasteiger partial charge in [0.05, 0.1) is 0 Å². The summed E-state index contributed by atoms with van der Waals surface area (Å²) in [5.41, 5.74) is 2.69. The number of allylic oxidation sites excluding steroid dienone is 2. The van der Waals surface area contributed by atoms with Gasteiger partial charge in [-0.15, -0.1) is 0 Å². The molecule has 1 aliphatic heterocycles. The van der Waals surface area contributed by atoms with Crippen molar-refractivity contribution in [2.75, 3.05) is 6.54 Å². The van der Waals surface area contributed by atoms with Crippen molar-refractivity contribution in [1.82, 2.24) is 0 Å². The fraction of sp³-hybridized carbons (Fsp3) is 0.667. The molecule has 56 valence electrons. The first-order chi connectivity index (χ1) is 4.84. The van der Waals surface area contributed by atoms with E-state index in [0.717, 1.165) is 6.54 Å². The largest absolute Gasteiger partial charge is 0.290 e. The molecule has 1 heterocycles. The van der Waals surface area contributed by atoms with Gasteiger partial charge in [0.25, 0.3) is 0 Å². The van der Waals surface area contributed by atoms with Gasteiger partial charge in [-0.05, 0) is 38.7 Å². The van der Waals surface area contributed by atoms with Crippen LogP contribution in [0, 0.1) is 0 Å². The molecule has 1 rings (SSSR count). The van der Waals surface area contributed by atoms with Crippen LogP contribution >= 0.6 is 0 Å². The third-order valence-corrected chi connectivity index (χ3v) is 2.01. The Morgan fingerprint density at radius 1 is 1.50 bits per heavy atom. The summed E-state index contributed by atoms with van der Waals surface area (Å²) in [6, 6.07) is 0. The van der Waals surface area contributed by atoms with Crippen LogP contribution in [-0.4, -0.2) is 12.3 Å². The Morgan fingerprint density at radius 3 is 2.80 bits per heavy atom. The molecule has 0 aliphatic carbocycles. The van der Waals surface area contributed by atoms with Crippen molar-refractivity contribution in [3.63, 3.8) is 0 Å². The lowest BCUT2D eigenvalue weighted by Gasteiger charge is -2.11. The van der Waals surface area contributed by atoms with Crippen LogP contribution < -0.4 is 0 Å². The topological polar surface area (TPSA) is 12.4 Å². The molecule has 0 N–H and O–H groups in total. The average Bonchev–Trinajstić information content (AvgIpc) is 2.05. The van der Waals surface area contributed by atoms with Gasteiger partial charge in [-0.1, -0.05) is 6.08 Å². The third-order valence-electron chi connectivity index (χ3n) is 2.01. The van der Waals surface area contributed by atoms with Gasteiger partial charge in [0.15, 0.2) is 0 Å². The maximum atomic E-state index is 4.45. The maximum Gasteiger partial charge on any atom is 0.0392 e. The minimum absolute atomic E-state index is 1.04. The van der Waals surface area contributed by atoms with Crippen LogP contribution in [0.1, 0.15) is 33.1 Å². The fourth-order valence-corrected chi connectivity index (χ4v) is 1.19. The lowest BCUT2D eigenvalue weighted by molar-refractivity contribution is 0.737. The van der Waals surface area contributed by atoms with E-state index in [4.69, 9.17) is 0 Å². The molecule has 0 atom stereocenters. The molecule has 1 nitrogen and oxygen atoms in total. The van der Waals surface area contributed by atoms with E-state index in [1.54, 1.807) is 0 Å². The van der Waals surface area contributed by atoms with Crippen molar-refractivity contribution in [1.29, 1.82) is 0 Å². The van der Waals surface area contributed by atoms with Crippen LogP contribution in [-0.2, 0) is 0 Å². The Kier molecular flexibility index (Phi) is 2.67.